The normalized spacial score (nSPS) is 15.3. The lowest BCUT2D eigenvalue weighted by Crippen LogP contribution is -2.41. The molecule has 3 aromatic carbocycles. The number of aromatic nitrogens is 1. The zero-order valence-electron chi connectivity index (χ0n) is 24.1. The molecule has 2 heterocycles. The number of piperidine rings is 1. The maximum Gasteiger partial charge on any atom is 0.410 e. The first-order valence-electron chi connectivity index (χ1n) is 14.3. The quantitative estimate of drug-likeness (QED) is 0.221. The summed E-state index contributed by atoms with van der Waals surface area (Å²) in [4.78, 5) is 19.6. The monoisotopic (exact) mass is 550 g/mol. The van der Waals surface area contributed by atoms with Crippen molar-refractivity contribution >= 4 is 6.09 Å². The SMILES string of the molecule is CC(C)(C)OC(=O)N1CCCCC1c1ccc(-c2ccc(OCc3ccccc3)nc2OCc2ccccc2)cc1. The predicted molar refractivity (Wildman–Crippen MR) is 161 cm³/mol. The van der Waals surface area contributed by atoms with Crippen LogP contribution in [0.3, 0.4) is 0 Å². The number of ether oxygens (including phenoxy) is 3. The number of amides is 1. The van der Waals surface area contributed by atoms with E-state index in [9.17, 15) is 4.79 Å². The number of likely N-dealkylation sites (tertiary alicyclic amines) is 1. The molecular weight excluding hydrogens is 512 g/mol. The fourth-order valence-corrected chi connectivity index (χ4v) is 4.99. The smallest absolute Gasteiger partial charge is 0.410 e. The number of pyridine rings is 1. The van der Waals surface area contributed by atoms with E-state index in [2.05, 4.69) is 24.3 Å². The molecule has 41 heavy (non-hydrogen) atoms. The van der Waals surface area contributed by atoms with Gasteiger partial charge in [0.25, 0.3) is 0 Å². The van der Waals surface area contributed by atoms with Crippen molar-refractivity contribution in [3.8, 4) is 22.9 Å². The third kappa shape index (κ3) is 7.66. The third-order valence-corrected chi connectivity index (χ3v) is 7.02. The van der Waals surface area contributed by atoms with E-state index in [0.717, 1.165) is 47.1 Å². The zero-order valence-corrected chi connectivity index (χ0v) is 24.1. The van der Waals surface area contributed by atoms with E-state index >= 15 is 0 Å². The van der Waals surface area contributed by atoms with Crippen LogP contribution in [0.15, 0.2) is 97.1 Å². The Morgan fingerprint density at radius 3 is 2.07 bits per heavy atom. The molecule has 1 saturated heterocycles. The van der Waals surface area contributed by atoms with E-state index in [4.69, 9.17) is 19.2 Å². The van der Waals surface area contributed by atoms with E-state index < -0.39 is 5.60 Å². The molecule has 0 saturated carbocycles. The van der Waals surface area contributed by atoms with Gasteiger partial charge in [-0.05, 0) is 68.4 Å². The Labute approximate surface area is 242 Å². The van der Waals surface area contributed by atoms with Crippen LogP contribution in [0, 0.1) is 0 Å². The fraction of sp³-hybridized carbons (Fsp3) is 0.314. The van der Waals surface area contributed by atoms with E-state index in [-0.39, 0.29) is 12.1 Å². The van der Waals surface area contributed by atoms with Crippen molar-refractivity contribution in [3.63, 3.8) is 0 Å². The minimum atomic E-state index is -0.525. The summed E-state index contributed by atoms with van der Waals surface area (Å²) in [5.41, 5.74) is 4.57. The molecule has 6 nitrogen and oxygen atoms in total. The van der Waals surface area contributed by atoms with Crippen molar-refractivity contribution < 1.29 is 19.0 Å². The first-order valence-corrected chi connectivity index (χ1v) is 14.3. The van der Waals surface area contributed by atoms with Gasteiger partial charge in [0.05, 0.1) is 6.04 Å². The number of nitrogens with zero attached hydrogens (tertiary/aromatic N) is 2. The molecular formula is C35H38N2O4. The molecule has 5 rings (SSSR count). The minimum Gasteiger partial charge on any atom is -0.473 e. The fourth-order valence-electron chi connectivity index (χ4n) is 4.99. The van der Waals surface area contributed by atoms with Crippen molar-refractivity contribution in [1.82, 2.24) is 9.88 Å². The molecule has 0 bridgehead atoms. The highest BCUT2D eigenvalue weighted by Gasteiger charge is 2.31. The molecule has 212 valence electrons. The van der Waals surface area contributed by atoms with Crippen molar-refractivity contribution in [2.45, 2.75) is 64.9 Å². The molecule has 1 aliphatic rings. The molecule has 1 amide bonds. The van der Waals surface area contributed by atoms with Gasteiger partial charge in [-0.3, -0.25) is 0 Å². The summed E-state index contributed by atoms with van der Waals surface area (Å²) in [6.07, 6.45) is 2.73. The van der Waals surface area contributed by atoms with Crippen molar-refractivity contribution in [2.75, 3.05) is 6.54 Å². The lowest BCUT2D eigenvalue weighted by molar-refractivity contribution is 0.00951. The van der Waals surface area contributed by atoms with Crippen LogP contribution in [0.25, 0.3) is 11.1 Å². The van der Waals surface area contributed by atoms with Crippen LogP contribution < -0.4 is 9.47 Å². The lowest BCUT2D eigenvalue weighted by atomic mass is 9.94. The van der Waals surface area contributed by atoms with Gasteiger partial charge in [0.2, 0.25) is 11.8 Å². The molecule has 4 aromatic rings. The second-order valence-corrected chi connectivity index (χ2v) is 11.4. The Morgan fingerprint density at radius 1 is 0.805 bits per heavy atom. The van der Waals surface area contributed by atoms with E-state index in [1.807, 2.05) is 98.5 Å². The van der Waals surface area contributed by atoms with Gasteiger partial charge >= 0.3 is 6.09 Å². The summed E-state index contributed by atoms with van der Waals surface area (Å²) in [6.45, 7) is 7.24. The summed E-state index contributed by atoms with van der Waals surface area (Å²) < 4.78 is 18.0. The maximum absolute atomic E-state index is 13.0. The van der Waals surface area contributed by atoms with Crippen LogP contribution in [0.1, 0.15) is 62.8 Å². The summed E-state index contributed by atoms with van der Waals surface area (Å²) in [5, 5.41) is 0. The van der Waals surface area contributed by atoms with Gasteiger partial charge in [0.15, 0.2) is 0 Å². The number of carbonyl (C=O) groups excluding carboxylic acids is 1. The van der Waals surface area contributed by atoms with Crippen molar-refractivity contribution in [3.05, 3.63) is 114 Å². The van der Waals surface area contributed by atoms with Gasteiger partial charge in [-0.1, -0.05) is 84.9 Å². The minimum absolute atomic E-state index is 0.00617. The molecule has 0 radical (unpaired) electrons. The highest BCUT2D eigenvalue weighted by atomic mass is 16.6. The number of benzene rings is 3. The standard InChI is InChI=1S/C35H38N2O4/c1-35(2,3)41-34(38)37-23-11-10-16-31(37)29-19-17-28(18-20-29)30-21-22-32(39-24-26-12-6-4-7-13-26)36-33(30)40-25-27-14-8-5-9-15-27/h4-9,12-15,17-22,31H,10-11,16,23-25H2,1-3H3. The zero-order chi connectivity index (χ0) is 28.7. The second kappa shape index (κ2) is 12.9. The highest BCUT2D eigenvalue weighted by molar-refractivity contribution is 5.71. The molecule has 1 fully saturated rings. The Balaban J connectivity index is 1.37. The van der Waals surface area contributed by atoms with Crippen LogP contribution in [0.2, 0.25) is 0 Å². The summed E-state index contributed by atoms with van der Waals surface area (Å²) in [7, 11) is 0. The maximum atomic E-state index is 13.0. The number of hydrogen-bond acceptors (Lipinski definition) is 5. The Morgan fingerprint density at radius 2 is 1.44 bits per heavy atom. The first kappa shape index (κ1) is 28.2. The number of carbonyl (C=O) groups is 1. The van der Waals surface area contributed by atoms with E-state index in [0.29, 0.717) is 31.5 Å². The molecule has 1 aliphatic heterocycles. The summed E-state index contributed by atoms with van der Waals surface area (Å²) >= 11 is 0. The highest BCUT2D eigenvalue weighted by Crippen LogP contribution is 2.36. The van der Waals surface area contributed by atoms with Gasteiger partial charge in [-0.15, -0.1) is 0 Å². The average Bonchev–Trinajstić information content (AvgIpc) is 2.99. The van der Waals surface area contributed by atoms with Gasteiger partial charge in [0.1, 0.15) is 18.8 Å². The van der Waals surface area contributed by atoms with Gasteiger partial charge < -0.3 is 19.1 Å². The van der Waals surface area contributed by atoms with E-state index in [1.54, 1.807) is 0 Å². The molecule has 1 aromatic heterocycles. The summed E-state index contributed by atoms with van der Waals surface area (Å²) in [5.74, 6) is 1.02. The van der Waals surface area contributed by atoms with Crippen LogP contribution in [-0.4, -0.2) is 28.1 Å². The van der Waals surface area contributed by atoms with Crippen LogP contribution in [-0.2, 0) is 18.0 Å². The lowest BCUT2D eigenvalue weighted by Gasteiger charge is -2.37. The van der Waals surface area contributed by atoms with E-state index in [1.165, 1.54) is 0 Å². The van der Waals surface area contributed by atoms with Crippen molar-refractivity contribution in [1.29, 1.82) is 0 Å². The summed E-state index contributed by atoms with van der Waals surface area (Å²) in [6, 6.07) is 32.3. The predicted octanol–water partition coefficient (Wildman–Crippen LogP) is 8.37. The number of hydrogen-bond donors (Lipinski definition) is 0. The van der Waals surface area contributed by atoms with Crippen LogP contribution >= 0.6 is 0 Å². The molecule has 1 atom stereocenters. The van der Waals surface area contributed by atoms with Gasteiger partial charge in [-0.25, -0.2) is 4.79 Å². The Kier molecular flexibility index (Phi) is 8.88. The molecule has 1 unspecified atom stereocenters. The largest absolute Gasteiger partial charge is 0.473 e. The van der Waals surface area contributed by atoms with Gasteiger partial charge in [-0.2, -0.15) is 4.98 Å². The molecule has 0 N–H and O–H groups in total. The molecule has 0 spiro atoms. The number of rotatable bonds is 8. The van der Waals surface area contributed by atoms with Crippen LogP contribution in [0.4, 0.5) is 4.79 Å². The first-order chi connectivity index (χ1) is 19.9. The Bertz CT molecular complexity index is 1420. The Hall–Kier alpha value is -4.32. The third-order valence-electron chi connectivity index (χ3n) is 7.02. The topological polar surface area (TPSA) is 60.9 Å². The average molecular weight is 551 g/mol. The molecule has 0 aliphatic carbocycles. The van der Waals surface area contributed by atoms with Crippen LogP contribution in [0.5, 0.6) is 11.8 Å². The van der Waals surface area contributed by atoms with Crippen molar-refractivity contribution in [2.24, 2.45) is 0 Å². The second-order valence-electron chi connectivity index (χ2n) is 11.4. The molecule has 6 heteroatoms. The van der Waals surface area contributed by atoms with Gasteiger partial charge in [0, 0.05) is 18.2 Å².